The maximum Gasteiger partial charge on any atom is 0.263 e. The Labute approximate surface area is 188 Å². The highest BCUT2D eigenvalue weighted by atomic mass is 35.5. The molecule has 0 atom stereocenters. The van der Waals surface area contributed by atoms with Crippen molar-refractivity contribution in [2.75, 3.05) is 23.3 Å². The maximum atomic E-state index is 12.7. The first-order chi connectivity index (χ1) is 14.8. The van der Waals surface area contributed by atoms with Gasteiger partial charge in [-0.2, -0.15) is 0 Å². The molecular weight excluding hydrogens is 463 g/mol. The van der Waals surface area contributed by atoms with Gasteiger partial charge in [0.15, 0.2) is 11.5 Å². The zero-order valence-electron chi connectivity index (χ0n) is 15.9. The van der Waals surface area contributed by atoms with Crippen molar-refractivity contribution in [2.24, 2.45) is 0 Å². The molecule has 0 fully saturated rings. The van der Waals surface area contributed by atoms with Crippen molar-refractivity contribution in [3.63, 3.8) is 0 Å². The summed E-state index contributed by atoms with van der Waals surface area (Å²) in [6.07, 6.45) is 0. The van der Waals surface area contributed by atoms with Crippen LogP contribution in [0.1, 0.15) is 10.4 Å². The Morgan fingerprint density at radius 2 is 1.65 bits per heavy atom. The first-order valence-corrected chi connectivity index (χ1v) is 11.3. The van der Waals surface area contributed by atoms with E-state index in [4.69, 9.17) is 32.7 Å². The number of rotatable bonds is 5. The first kappa shape index (κ1) is 21.3. The highest BCUT2D eigenvalue weighted by Gasteiger charge is 2.19. The number of anilines is 2. The first-order valence-electron chi connectivity index (χ1n) is 9.11. The molecule has 0 aliphatic carbocycles. The van der Waals surface area contributed by atoms with Gasteiger partial charge in [-0.3, -0.25) is 9.52 Å². The van der Waals surface area contributed by atoms with E-state index < -0.39 is 15.9 Å². The van der Waals surface area contributed by atoms with Crippen molar-refractivity contribution in [1.29, 1.82) is 0 Å². The lowest BCUT2D eigenvalue weighted by molar-refractivity contribution is 0.102. The topological polar surface area (TPSA) is 93.7 Å². The van der Waals surface area contributed by atoms with Crippen LogP contribution < -0.4 is 19.5 Å². The molecule has 0 spiro atoms. The number of hydrogen-bond donors (Lipinski definition) is 2. The van der Waals surface area contributed by atoms with Gasteiger partial charge in [0.1, 0.15) is 18.1 Å². The smallest absolute Gasteiger partial charge is 0.263 e. The third kappa shape index (κ3) is 4.87. The Balaban J connectivity index is 1.53. The summed E-state index contributed by atoms with van der Waals surface area (Å²) in [7, 11) is -4.01. The van der Waals surface area contributed by atoms with E-state index in [1.807, 2.05) is 0 Å². The molecule has 1 amide bonds. The van der Waals surface area contributed by atoms with Gasteiger partial charge >= 0.3 is 0 Å². The molecule has 7 nitrogen and oxygen atoms in total. The minimum absolute atomic E-state index is 0.0319. The van der Waals surface area contributed by atoms with Gasteiger partial charge < -0.3 is 14.8 Å². The van der Waals surface area contributed by atoms with Gasteiger partial charge in [0.25, 0.3) is 15.9 Å². The third-order valence-corrected chi connectivity index (χ3v) is 6.46. The fourth-order valence-corrected chi connectivity index (χ4v) is 4.75. The van der Waals surface area contributed by atoms with E-state index >= 15 is 0 Å². The van der Waals surface area contributed by atoms with Crippen molar-refractivity contribution >= 4 is 50.5 Å². The molecule has 4 rings (SSSR count). The van der Waals surface area contributed by atoms with Crippen molar-refractivity contribution < 1.29 is 22.7 Å². The largest absolute Gasteiger partial charge is 0.486 e. The molecule has 3 aromatic rings. The van der Waals surface area contributed by atoms with E-state index in [0.29, 0.717) is 30.4 Å². The number of nitrogens with one attached hydrogen (secondary N) is 2. The van der Waals surface area contributed by atoms with Crippen LogP contribution in [0, 0.1) is 0 Å². The van der Waals surface area contributed by atoms with Crippen LogP contribution in [-0.4, -0.2) is 27.5 Å². The zero-order valence-corrected chi connectivity index (χ0v) is 18.2. The molecule has 1 heterocycles. The Morgan fingerprint density at radius 3 is 2.45 bits per heavy atom. The number of carbonyl (C=O) groups is 1. The molecule has 10 heteroatoms. The van der Waals surface area contributed by atoms with Gasteiger partial charge in [-0.15, -0.1) is 0 Å². The molecule has 3 aromatic carbocycles. The lowest BCUT2D eigenvalue weighted by Gasteiger charge is -2.19. The highest BCUT2D eigenvalue weighted by Crippen LogP contribution is 2.33. The molecule has 0 aromatic heterocycles. The number of amides is 1. The molecule has 0 bridgehead atoms. The van der Waals surface area contributed by atoms with E-state index in [0.717, 1.165) is 0 Å². The fraction of sp³-hybridized carbons (Fsp3) is 0.0952. The van der Waals surface area contributed by atoms with E-state index in [1.54, 1.807) is 30.3 Å². The summed E-state index contributed by atoms with van der Waals surface area (Å²) in [6.45, 7) is 0.908. The number of benzene rings is 3. The van der Waals surface area contributed by atoms with Crippen LogP contribution >= 0.6 is 23.2 Å². The van der Waals surface area contributed by atoms with Crippen LogP contribution in [0.3, 0.4) is 0 Å². The van der Waals surface area contributed by atoms with E-state index in [-0.39, 0.29) is 26.2 Å². The molecule has 0 unspecified atom stereocenters. The Bertz CT molecular complexity index is 1260. The average molecular weight is 479 g/mol. The van der Waals surface area contributed by atoms with Gasteiger partial charge in [0.2, 0.25) is 0 Å². The quantitative estimate of drug-likeness (QED) is 0.548. The Morgan fingerprint density at radius 1 is 0.871 bits per heavy atom. The maximum absolute atomic E-state index is 12.7. The SMILES string of the molecule is O=C(Nc1ccc2c(c1)OCCO2)c1cccc(NS(=O)(=O)c2cc(Cl)ccc2Cl)c1. The number of sulfonamides is 1. The monoisotopic (exact) mass is 478 g/mol. The second-order valence-corrected chi connectivity index (χ2v) is 9.07. The van der Waals surface area contributed by atoms with Crippen molar-refractivity contribution in [3.8, 4) is 11.5 Å². The molecule has 0 radical (unpaired) electrons. The summed E-state index contributed by atoms with van der Waals surface area (Å²) in [5.41, 5.74) is 0.976. The number of fused-ring (bicyclic) bond motifs is 1. The summed E-state index contributed by atoms with van der Waals surface area (Å²) < 4.78 is 38.8. The normalized spacial score (nSPS) is 12.8. The Kier molecular flexibility index (Phi) is 5.95. The van der Waals surface area contributed by atoms with E-state index in [1.165, 1.54) is 30.3 Å². The molecule has 0 saturated carbocycles. The van der Waals surface area contributed by atoms with E-state index in [2.05, 4.69) is 10.0 Å². The standard InChI is InChI=1S/C21H16Cl2N2O5S/c22-14-4-6-17(23)20(11-14)31(27,28)25-16-3-1-2-13(10-16)21(26)24-15-5-7-18-19(12-15)30-9-8-29-18/h1-7,10-12,25H,8-9H2,(H,24,26). The van der Waals surface area contributed by atoms with Crippen LogP contribution in [0.15, 0.2) is 65.6 Å². The van der Waals surface area contributed by atoms with Gasteiger partial charge in [-0.1, -0.05) is 29.3 Å². The van der Waals surface area contributed by atoms with Crippen molar-refractivity contribution in [3.05, 3.63) is 76.3 Å². The van der Waals surface area contributed by atoms with Crippen LogP contribution in [0.25, 0.3) is 0 Å². The molecule has 1 aliphatic rings. The summed E-state index contributed by atoms with van der Waals surface area (Å²) in [4.78, 5) is 12.5. The number of halogens is 2. The van der Waals surface area contributed by atoms with Gasteiger partial charge in [0.05, 0.1) is 5.02 Å². The molecule has 0 saturated heterocycles. The molecule has 160 valence electrons. The van der Waals surface area contributed by atoms with Gasteiger partial charge in [-0.25, -0.2) is 8.42 Å². The van der Waals surface area contributed by atoms with Crippen molar-refractivity contribution in [2.45, 2.75) is 4.90 Å². The third-order valence-electron chi connectivity index (χ3n) is 4.36. The lowest BCUT2D eigenvalue weighted by atomic mass is 10.2. The average Bonchev–Trinajstić information content (AvgIpc) is 2.75. The highest BCUT2D eigenvalue weighted by molar-refractivity contribution is 7.92. The summed E-state index contributed by atoms with van der Waals surface area (Å²) in [6, 6.07) is 15.3. The molecule has 1 aliphatic heterocycles. The molecule has 31 heavy (non-hydrogen) atoms. The number of ether oxygens (including phenoxy) is 2. The minimum Gasteiger partial charge on any atom is -0.486 e. The van der Waals surface area contributed by atoms with Gasteiger partial charge in [0, 0.05) is 28.0 Å². The number of carbonyl (C=O) groups excluding carboxylic acids is 1. The van der Waals surface area contributed by atoms with Crippen LogP contribution in [0.5, 0.6) is 11.5 Å². The summed E-state index contributed by atoms with van der Waals surface area (Å²) in [5.74, 6) is 0.739. The predicted octanol–water partition coefficient (Wildman–Crippen LogP) is 4.82. The fourth-order valence-electron chi connectivity index (χ4n) is 2.94. The molecule has 2 N–H and O–H groups in total. The number of hydrogen-bond acceptors (Lipinski definition) is 5. The second-order valence-electron chi connectivity index (χ2n) is 6.57. The predicted molar refractivity (Wildman–Crippen MR) is 119 cm³/mol. The minimum atomic E-state index is -4.01. The van der Waals surface area contributed by atoms with Crippen molar-refractivity contribution in [1.82, 2.24) is 0 Å². The van der Waals surface area contributed by atoms with E-state index in [9.17, 15) is 13.2 Å². The van der Waals surface area contributed by atoms with Gasteiger partial charge in [-0.05, 0) is 48.5 Å². The van der Waals surface area contributed by atoms with Crippen LogP contribution in [-0.2, 0) is 10.0 Å². The zero-order chi connectivity index (χ0) is 22.0. The Hall–Kier alpha value is -2.94. The second kappa shape index (κ2) is 8.66. The molecular formula is C21H16Cl2N2O5S. The summed E-state index contributed by atoms with van der Waals surface area (Å²) >= 11 is 11.9. The summed E-state index contributed by atoms with van der Waals surface area (Å²) in [5, 5.41) is 3.02. The van der Waals surface area contributed by atoms with Crippen LogP contribution in [0.2, 0.25) is 10.0 Å². The lowest BCUT2D eigenvalue weighted by Crippen LogP contribution is -2.17. The van der Waals surface area contributed by atoms with Crippen LogP contribution in [0.4, 0.5) is 11.4 Å².